The lowest BCUT2D eigenvalue weighted by Gasteiger charge is -2.37. The Kier molecular flexibility index (Phi) is 7.37. The maximum atomic E-state index is 13.6. The number of halogens is 4. The molecule has 1 aromatic heterocycles. The van der Waals surface area contributed by atoms with Crippen LogP contribution in [-0.4, -0.2) is 73.1 Å². The molecule has 0 radical (unpaired) electrons. The number of sulfonamides is 1. The maximum Gasteiger partial charge on any atom is 0.408 e. The summed E-state index contributed by atoms with van der Waals surface area (Å²) in [4.78, 5) is 38.3. The molecule has 3 atom stereocenters. The maximum absolute atomic E-state index is 13.6. The fourth-order valence-corrected chi connectivity index (χ4v) is 5.76. The smallest absolute Gasteiger partial charge is 0.408 e. The third kappa shape index (κ3) is 5.71. The number of likely N-dealkylation sites (tertiary alicyclic amines) is 1. The number of ether oxygens (including phenoxy) is 1. The topological polar surface area (TPSA) is 139 Å². The second-order valence-corrected chi connectivity index (χ2v) is 11.0. The Balaban J connectivity index is 1.54. The summed E-state index contributed by atoms with van der Waals surface area (Å²) < 4.78 is 87.9. The average molecular weight is 576 g/mol. The quantitative estimate of drug-likeness (QED) is 0.374. The van der Waals surface area contributed by atoms with E-state index in [1.165, 1.54) is 42.9 Å². The number of fused-ring (bicyclic) bond motifs is 2. The van der Waals surface area contributed by atoms with Crippen LogP contribution < -0.4 is 20.1 Å². The van der Waals surface area contributed by atoms with E-state index in [2.05, 4.69) is 10.0 Å². The van der Waals surface area contributed by atoms with Gasteiger partial charge in [-0.15, -0.1) is 0 Å². The summed E-state index contributed by atoms with van der Waals surface area (Å²) in [5.74, 6) is -4.15. The first-order valence-corrected chi connectivity index (χ1v) is 13.2. The molecule has 1 saturated heterocycles. The minimum atomic E-state index is -4.75. The molecular formula is C23H25F4N5O6S. The Bertz CT molecular complexity index is 1440. The first-order valence-electron chi connectivity index (χ1n) is 11.7. The SMILES string of the molecule is Cc1cc(NC(=O)c2c3c(cn2C)S(=O)(=O)N[C@@H]2CN(C(=O)C(=O)N[C@@H](C)C(F)(F)F)CC[C@H]2O3)ccc1F. The van der Waals surface area contributed by atoms with Crippen LogP contribution in [0.25, 0.3) is 0 Å². The van der Waals surface area contributed by atoms with Gasteiger partial charge in [0.15, 0.2) is 11.4 Å². The first kappa shape index (κ1) is 28.4. The number of hydrogen-bond acceptors (Lipinski definition) is 6. The average Bonchev–Trinajstić information content (AvgIpc) is 3.12. The summed E-state index contributed by atoms with van der Waals surface area (Å²) in [6, 6.07) is 0.599. The molecule has 3 N–H and O–H groups in total. The summed E-state index contributed by atoms with van der Waals surface area (Å²) in [5, 5.41) is 4.17. The highest BCUT2D eigenvalue weighted by atomic mass is 32.2. The predicted octanol–water partition coefficient (Wildman–Crippen LogP) is 1.43. The number of anilines is 1. The molecule has 0 spiro atoms. The Labute approximate surface area is 220 Å². The Morgan fingerprint density at radius 1 is 1.23 bits per heavy atom. The van der Waals surface area contributed by atoms with Crippen molar-refractivity contribution in [1.29, 1.82) is 0 Å². The molecule has 2 aliphatic heterocycles. The van der Waals surface area contributed by atoms with Crippen LogP contribution in [0, 0.1) is 12.7 Å². The molecule has 1 aromatic carbocycles. The third-order valence-corrected chi connectivity index (χ3v) is 7.95. The zero-order valence-corrected chi connectivity index (χ0v) is 21.7. The van der Waals surface area contributed by atoms with Crippen molar-refractivity contribution < 1.29 is 45.1 Å². The molecule has 39 heavy (non-hydrogen) atoms. The number of piperidine rings is 1. The molecule has 16 heteroatoms. The van der Waals surface area contributed by atoms with E-state index >= 15 is 0 Å². The van der Waals surface area contributed by atoms with Gasteiger partial charge in [-0.05, 0) is 37.6 Å². The van der Waals surface area contributed by atoms with Crippen LogP contribution >= 0.6 is 0 Å². The lowest BCUT2D eigenvalue weighted by molar-refractivity contribution is -0.162. The molecule has 4 rings (SSSR count). The lowest BCUT2D eigenvalue weighted by Crippen LogP contribution is -2.59. The number of carbonyl (C=O) groups is 3. The van der Waals surface area contributed by atoms with Crippen LogP contribution in [-0.2, 0) is 26.7 Å². The van der Waals surface area contributed by atoms with E-state index in [1.54, 1.807) is 5.32 Å². The van der Waals surface area contributed by atoms with Crippen molar-refractivity contribution in [2.45, 2.75) is 49.5 Å². The predicted molar refractivity (Wildman–Crippen MR) is 128 cm³/mol. The summed E-state index contributed by atoms with van der Waals surface area (Å²) in [6.07, 6.45) is -4.44. The molecule has 212 valence electrons. The molecule has 3 amide bonds. The number of aryl methyl sites for hydroxylation is 2. The van der Waals surface area contributed by atoms with Gasteiger partial charge in [0.1, 0.15) is 22.9 Å². The van der Waals surface area contributed by atoms with E-state index in [9.17, 15) is 40.4 Å². The molecule has 0 bridgehead atoms. The van der Waals surface area contributed by atoms with Crippen molar-refractivity contribution >= 4 is 33.4 Å². The number of hydrogen-bond donors (Lipinski definition) is 3. The van der Waals surface area contributed by atoms with Crippen LogP contribution in [0.2, 0.25) is 0 Å². The monoisotopic (exact) mass is 575 g/mol. The molecule has 2 aromatic rings. The van der Waals surface area contributed by atoms with Crippen molar-refractivity contribution in [3.05, 3.63) is 41.5 Å². The first-order chi connectivity index (χ1) is 18.1. The zero-order chi connectivity index (χ0) is 28.9. The van der Waals surface area contributed by atoms with Crippen molar-refractivity contribution in [3.8, 4) is 5.75 Å². The van der Waals surface area contributed by atoms with Crippen molar-refractivity contribution in [3.63, 3.8) is 0 Å². The van der Waals surface area contributed by atoms with Crippen molar-refractivity contribution in [1.82, 2.24) is 19.5 Å². The van der Waals surface area contributed by atoms with E-state index in [0.717, 1.165) is 4.90 Å². The Hall–Kier alpha value is -3.66. The minimum absolute atomic E-state index is 0.00752. The van der Waals surface area contributed by atoms with E-state index in [4.69, 9.17) is 4.74 Å². The van der Waals surface area contributed by atoms with Gasteiger partial charge in [-0.1, -0.05) is 0 Å². The number of aromatic nitrogens is 1. The standard InChI is InChI=1S/C23H25F4N5O6S/c1-11-8-13(4-5-14(11)24)29-20(33)18-19-17(10-31(18)3)39(36,37)30-15-9-32(7-6-16(15)38-19)22(35)21(34)28-12(2)23(25,26)27/h4-5,8,10,12,15-16,30H,6-7,9H2,1-3H3,(H,28,34)(H,29,33)/t12-,15+,16+/m0/s1. The van der Waals surface area contributed by atoms with Crippen molar-refractivity contribution in [2.24, 2.45) is 7.05 Å². The highest BCUT2D eigenvalue weighted by molar-refractivity contribution is 7.89. The van der Waals surface area contributed by atoms with Gasteiger partial charge in [0.05, 0.1) is 6.04 Å². The zero-order valence-electron chi connectivity index (χ0n) is 20.9. The highest BCUT2D eigenvalue weighted by Gasteiger charge is 2.44. The van der Waals surface area contributed by atoms with Crippen LogP contribution in [0.1, 0.15) is 29.4 Å². The van der Waals surface area contributed by atoms with E-state index in [0.29, 0.717) is 6.92 Å². The van der Waals surface area contributed by atoms with Gasteiger partial charge in [0.2, 0.25) is 10.0 Å². The molecule has 1 fully saturated rings. The second-order valence-electron chi connectivity index (χ2n) is 9.36. The molecule has 11 nitrogen and oxygen atoms in total. The van der Waals surface area contributed by atoms with Gasteiger partial charge >= 0.3 is 18.0 Å². The lowest BCUT2D eigenvalue weighted by atomic mass is 10.0. The number of amides is 3. The highest BCUT2D eigenvalue weighted by Crippen LogP contribution is 2.36. The fourth-order valence-electron chi connectivity index (χ4n) is 4.32. The van der Waals surface area contributed by atoms with E-state index in [-0.39, 0.29) is 47.1 Å². The number of nitrogens with zero attached hydrogens (tertiary/aromatic N) is 2. The normalized spacial score (nSPS) is 21.1. The van der Waals surface area contributed by atoms with Crippen LogP contribution in [0.15, 0.2) is 29.3 Å². The third-order valence-electron chi connectivity index (χ3n) is 6.47. The van der Waals surface area contributed by atoms with Gasteiger partial charge in [0, 0.05) is 38.4 Å². The second kappa shape index (κ2) is 10.1. The largest absolute Gasteiger partial charge is 0.485 e. The van der Waals surface area contributed by atoms with Gasteiger partial charge < -0.3 is 24.8 Å². The molecule has 0 unspecified atom stereocenters. The number of carbonyl (C=O) groups excluding carboxylic acids is 3. The molecule has 2 aliphatic rings. The molecule has 0 saturated carbocycles. The molecular weight excluding hydrogens is 550 g/mol. The van der Waals surface area contributed by atoms with E-state index < -0.39 is 57.9 Å². The summed E-state index contributed by atoms with van der Waals surface area (Å²) in [7, 11) is -2.85. The Morgan fingerprint density at radius 3 is 2.56 bits per heavy atom. The van der Waals surface area contributed by atoms with Crippen molar-refractivity contribution in [2.75, 3.05) is 18.4 Å². The summed E-state index contributed by atoms with van der Waals surface area (Å²) in [5.41, 5.74) is 0.426. The Morgan fingerprint density at radius 2 is 1.92 bits per heavy atom. The number of nitrogens with one attached hydrogen (secondary N) is 3. The van der Waals surface area contributed by atoms with Crippen LogP contribution in [0.5, 0.6) is 5.75 Å². The van der Waals surface area contributed by atoms with E-state index in [1.807, 2.05) is 0 Å². The molecule has 0 aliphatic carbocycles. The van der Waals surface area contributed by atoms with Gasteiger partial charge in [-0.2, -0.15) is 13.2 Å². The minimum Gasteiger partial charge on any atom is -0.485 e. The van der Waals surface area contributed by atoms with Gasteiger partial charge in [-0.3, -0.25) is 14.4 Å². The van der Waals surface area contributed by atoms with Crippen LogP contribution in [0.3, 0.4) is 0 Å². The number of benzene rings is 1. The fraction of sp³-hybridized carbons (Fsp3) is 0.435. The number of rotatable bonds is 3. The summed E-state index contributed by atoms with van der Waals surface area (Å²) >= 11 is 0. The number of alkyl halides is 3. The van der Waals surface area contributed by atoms with Gasteiger partial charge in [-0.25, -0.2) is 17.5 Å². The molecule has 3 heterocycles. The summed E-state index contributed by atoms with van der Waals surface area (Å²) in [6.45, 7) is 1.73. The van der Waals surface area contributed by atoms with Gasteiger partial charge in [0.25, 0.3) is 5.91 Å². The van der Waals surface area contributed by atoms with Crippen LogP contribution in [0.4, 0.5) is 23.2 Å².